The lowest BCUT2D eigenvalue weighted by Gasteiger charge is -2.31. The monoisotopic (exact) mass is 381 g/mol. The van der Waals surface area contributed by atoms with E-state index in [1.54, 1.807) is 12.0 Å². The molecule has 1 aliphatic rings. The highest BCUT2D eigenvalue weighted by Crippen LogP contribution is 2.29. The SMILES string of the molecule is COc1ccc(-c2nnc([C@@H]3CCCN(C(=O)c4ccc(F)cc4)C3)o2)cc1. The molecule has 1 fully saturated rings. The third kappa shape index (κ3) is 3.74. The highest BCUT2D eigenvalue weighted by Gasteiger charge is 2.29. The molecule has 7 heteroatoms. The normalized spacial score (nSPS) is 16.8. The van der Waals surface area contributed by atoms with Gasteiger partial charge >= 0.3 is 0 Å². The Morgan fingerprint density at radius 3 is 2.61 bits per heavy atom. The molecule has 1 amide bonds. The highest BCUT2D eigenvalue weighted by atomic mass is 19.1. The summed E-state index contributed by atoms with van der Waals surface area (Å²) in [6.45, 7) is 1.16. The summed E-state index contributed by atoms with van der Waals surface area (Å²) < 4.78 is 24.1. The molecule has 3 aromatic rings. The van der Waals surface area contributed by atoms with Crippen LogP contribution in [0.3, 0.4) is 0 Å². The van der Waals surface area contributed by atoms with E-state index in [0.29, 0.717) is 30.4 Å². The van der Waals surface area contributed by atoms with Gasteiger partial charge in [-0.15, -0.1) is 10.2 Å². The molecular weight excluding hydrogens is 361 g/mol. The summed E-state index contributed by atoms with van der Waals surface area (Å²) in [7, 11) is 1.61. The average Bonchev–Trinajstić information content (AvgIpc) is 3.24. The van der Waals surface area contributed by atoms with Gasteiger partial charge in [-0.25, -0.2) is 4.39 Å². The fraction of sp³-hybridized carbons (Fsp3) is 0.286. The minimum atomic E-state index is -0.356. The number of halogens is 1. The standard InChI is InChI=1S/C21H20FN3O3/c1-27-18-10-6-14(7-11-18)19-23-24-20(28-19)16-3-2-12-25(13-16)21(26)15-4-8-17(22)9-5-15/h4-11,16H,2-3,12-13H2,1H3/t16-/m1/s1. The van der Waals surface area contributed by atoms with E-state index >= 15 is 0 Å². The van der Waals surface area contributed by atoms with Crippen LogP contribution < -0.4 is 4.74 Å². The van der Waals surface area contributed by atoms with Crippen LogP contribution in [-0.4, -0.2) is 41.2 Å². The molecule has 6 nitrogen and oxygen atoms in total. The van der Waals surface area contributed by atoms with Crippen molar-refractivity contribution in [2.75, 3.05) is 20.2 Å². The summed E-state index contributed by atoms with van der Waals surface area (Å²) in [5.41, 5.74) is 1.29. The van der Waals surface area contributed by atoms with Crippen LogP contribution in [0.2, 0.25) is 0 Å². The van der Waals surface area contributed by atoms with E-state index in [4.69, 9.17) is 9.15 Å². The van der Waals surface area contributed by atoms with E-state index in [0.717, 1.165) is 24.2 Å². The minimum Gasteiger partial charge on any atom is -0.497 e. The number of aromatic nitrogens is 2. The van der Waals surface area contributed by atoms with Crippen molar-refractivity contribution in [3.05, 3.63) is 65.8 Å². The van der Waals surface area contributed by atoms with Gasteiger partial charge in [0.2, 0.25) is 11.8 Å². The van der Waals surface area contributed by atoms with Crippen molar-refractivity contribution in [1.82, 2.24) is 15.1 Å². The van der Waals surface area contributed by atoms with Crippen LogP contribution in [0.1, 0.15) is 35.0 Å². The van der Waals surface area contributed by atoms with Crippen LogP contribution >= 0.6 is 0 Å². The molecule has 1 aromatic heterocycles. The zero-order valence-corrected chi connectivity index (χ0v) is 15.5. The van der Waals surface area contributed by atoms with Crippen LogP contribution in [-0.2, 0) is 0 Å². The Kier molecular flexibility index (Phi) is 5.06. The van der Waals surface area contributed by atoms with Gasteiger partial charge in [0.25, 0.3) is 5.91 Å². The van der Waals surface area contributed by atoms with Gasteiger partial charge in [-0.2, -0.15) is 0 Å². The van der Waals surface area contributed by atoms with Crippen LogP contribution in [0.4, 0.5) is 4.39 Å². The van der Waals surface area contributed by atoms with E-state index < -0.39 is 0 Å². The molecule has 1 atom stereocenters. The first-order chi connectivity index (χ1) is 13.6. The average molecular weight is 381 g/mol. The van der Waals surface area contributed by atoms with Gasteiger partial charge in [-0.05, 0) is 61.4 Å². The second-order valence-electron chi connectivity index (χ2n) is 6.77. The summed E-state index contributed by atoms with van der Waals surface area (Å²) >= 11 is 0. The number of amides is 1. The summed E-state index contributed by atoms with van der Waals surface area (Å²) in [6, 6.07) is 13.0. The summed E-state index contributed by atoms with van der Waals surface area (Å²) in [5, 5.41) is 8.35. The van der Waals surface area contributed by atoms with Crippen LogP contribution in [0.25, 0.3) is 11.5 Å². The zero-order valence-electron chi connectivity index (χ0n) is 15.5. The molecule has 2 aromatic carbocycles. The third-order valence-electron chi connectivity index (χ3n) is 4.93. The maximum Gasteiger partial charge on any atom is 0.253 e. The molecule has 0 N–H and O–H groups in total. The van der Waals surface area contributed by atoms with Gasteiger partial charge in [-0.1, -0.05) is 0 Å². The smallest absolute Gasteiger partial charge is 0.253 e. The maximum atomic E-state index is 13.1. The first-order valence-electron chi connectivity index (χ1n) is 9.16. The van der Waals surface area contributed by atoms with Crippen LogP contribution in [0, 0.1) is 5.82 Å². The predicted molar refractivity (Wildman–Crippen MR) is 101 cm³/mol. The predicted octanol–water partition coefficient (Wildman–Crippen LogP) is 3.90. The Bertz CT molecular complexity index is 954. The number of benzene rings is 2. The molecule has 1 saturated heterocycles. The second kappa shape index (κ2) is 7.80. The van der Waals surface area contributed by atoms with E-state index in [9.17, 15) is 9.18 Å². The molecule has 0 radical (unpaired) electrons. The number of carbonyl (C=O) groups is 1. The first-order valence-corrected chi connectivity index (χ1v) is 9.16. The van der Waals surface area contributed by atoms with Crippen molar-refractivity contribution >= 4 is 5.91 Å². The van der Waals surface area contributed by atoms with Crippen LogP contribution in [0.5, 0.6) is 5.75 Å². The quantitative estimate of drug-likeness (QED) is 0.686. The number of nitrogens with zero attached hydrogens (tertiary/aromatic N) is 3. The molecule has 0 saturated carbocycles. The number of ether oxygens (including phenoxy) is 1. The Balaban J connectivity index is 1.48. The van der Waals surface area contributed by atoms with Gasteiger partial charge in [0.1, 0.15) is 11.6 Å². The fourth-order valence-electron chi connectivity index (χ4n) is 3.39. The van der Waals surface area contributed by atoms with Gasteiger partial charge < -0.3 is 14.1 Å². The van der Waals surface area contributed by atoms with Crippen molar-refractivity contribution in [2.24, 2.45) is 0 Å². The van der Waals surface area contributed by atoms with Crippen molar-refractivity contribution in [2.45, 2.75) is 18.8 Å². The van der Waals surface area contributed by atoms with E-state index in [1.807, 2.05) is 24.3 Å². The first kappa shape index (κ1) is 18.2. The zero-order chi connectivity index (χ0) is 19.5. The van der Waals surface area contributed by atoms with Gasteiger partial charge in [0.15, 0.2) is 0 Å². The lowest BCUT2D eigenvalue weighted by atomic mass is 9.97. The Morgan fingerprint density at radius 2 is 1.89 bits per heavy atom. The maximum absolute atomic E-state index is 13.1. The largest absolute Gasteiger partial charge is 0.497 e. The minimum absolute atomic E-state index is 0.0161. The van der Waals surface area contributed by atoms with E-state index in [1.165, 1.54) is 24.3 Å². The molecule has 1 aliphatic heterocycles. The lowest BCUT2D eigenvalue weighted by molar-refractivity contribution is 0.0698. The molecule has 0 unspecified atom stereocenters. The van der Waals surface area contributed by atoms with E-state index in [-0.39, 0.29) is 17.6 Å². The van der Waals surface area contributed by atoms with Crippen molar-refractivity contribution in [1.29, 1.82) is 0 Å². The number of likely N-dealkylation sites (tertiary alicyclic amines) is 1. The Hall–Kier alpha value is -3.22. The second-order valence-corrected chi connectivity index (χ2v) is 6.77. The number of hydrogen-bond acceptors (Lipinski definition) is 5. The van der Waals surface area contributed by atoms with Gasteiger partial charge in [-0.3, -0.25) is 4.79 Å². The summed E-state index contributed by atoms with van der Waals surface area (Å²) in [5.74, 6) is 1.25. The molecule has 144 valence electrons. The Morgan fingerprint density at radius 1 is 1.14 bits per heavy atom. The van der Waals surface area contributed by atoms with Crippen LogP contribution in [0.15, 0.2) is 52.9 Å². The molecule has 0 bridgehead atoms. The topological polar surface area (TPSA) is 68.5 Å². The number of methoxy groups -OCH3 is 1. The van der Waals surface area contributed by atoms with Crippen molar-refractivity contribution in [3.8, 4) is 17.2 Å². The summed E-state index contributed by atoms with van der Waals surface area (Å²) in [4.78, 5) is 14.5. The van der Waals surface area contributed by atoms with Gasteiger partial charge in [0.05, 0.1) is 13.0 Å². The third-order valence-corrected chi connectivity index (χ3v) is 4.93. The molecule has 28 heavy (non-hydrogen) atoms. The van der Waals surface area contributed by atoms with Crippen molar-refractivity contribution < 1.29 is 18.3 Å². The van der Waals surface area contributed by atoms with Crippen molar-refractivity contribution in [3.63, 3.8) is 0 Å². The Labute approximate surface area is 161 Å². The molecule has 0 spiro atoms. The molecule has 2 heterocycles. The number of piperidine rings is 1. The molecule has 4 rings (SSSR count). The number of hydrogen-bond donors (Lipinski definition) is 0. The number of rotatable bonds is 4. The molecular formula is C21H20FN3O3. The lowest BCUT2D eigenvalue weighted by Crippen LogP contribution is -2.39. The van der Waals surface area contributed by atoms with Gasteiger partial charge in [0, 0.05) is 24.2 Å². The van der Waals surface area contributed by atoms with E-state index in [2.05, 4.69) is 10.2 Å². The molecule has 0 aliphatic carbocycles. The fourth-order valence-corrected chi connectivity index (χ4v) is 3.39. The summed E-state index contributed by atoms with van der Waals surface area (Å²) in [6.07, 6.45) is 1.72. The number of carbonyl (C=O) groups excluding carboxylic acids is 1. The highest BCUT2D eigenvalue weighted by molar-refractivity contribution is 5.94.